The molecule has 0 saturated heterocycles. The molecule has 104 valence electrons. The Labute approximate surface area is 115 Å². The Bertz CT molecular complexity index is 475. The van der Waals surface area contributed by atoms with Gasteiger partial charge in [-0.3, -0.25) is 0 Å². The first-order chi connectivity index (χ1) is 9.08. The highest BCUT2D eigenvalue weighted by Crippen LogP contribution is 2.35. The fourth-order valence-electron chi connectivity index (χ4n) is 1.31. The van der Waals surface area contributed by atoms with Gasteiger partial charge < -0.3 is 19.4 Å². The maximum atomic E-state index is 10.2. The van der Waals surface area contributed by atoms with E-state index in [0.717, 1.165) is 0 Å². The van der Waals surface area contributed by atoms with Crippen LogP contribution in [0.4, 0.5) is 0 Å². The van der Waals surface area contributed by atoms with Crippen molar-refractivity contribution in [2.75, 3.05) is 20.3 Å². The summed E-state index contributed by atoms with van der Waals surface area (Å²) in [5, 5.41) is 12.3. The maximum absolute atomic E-state index is 10.2. The van der Waals surface area contributed by atoms with Crippen molar-refractivity contribution < 1.29 is 24.2 Å². The van der Waals surface area contributed by atoms with Crippen molar-refractivity contribution in [1.82, 2.24) is 0 Å². The summed E-state index contributed by atoms with van der Waals surface area (Å²) in [5.41, 5.74) is 0.611. The summed E-state index contributed by atoms with van der Waals surface area (Å²) >= 11 is 6.03. The molecule has 1 aromatic rings. The van der Waals surface area contributed by atoms with Crippen molar-refractivity contribution in [3.8, 4) is 11.5 Å². The third kappa shape index (κ3) is 4.67. The van der Waals surface area contributed by atoms with E-state index in [0.29, 0.717) is 28.7 Å². The van der Waals surface area contributed by atoms with Gasteiger partial charge in [-0.05, 0) is 19.1 Å². The fraction of sp³-hybridized carbons (Fsp3) is 0.333. The highest BCUT2D eigenvalue weighted by atomic mass is 35.5. The molecule has 19 heavy (non-hydrogen) atoms. The van der Waals surface area contributed by atoms with Crippen LogP contribution in [0.25, 0.3) is 0 Å². The smallest absolute Gasteiger partial charge is 0.344 e. The van der Waals surface area contributed by atoms with Crippen molar-refractivity contribution >= 4 is 23.8 Å². The van der Waals surface area contributed by atoms with Crippen LogP contribution in [-0.2, 0) is 9.63 Å². The molecule has 7 heteroatoms. The van der Waals surface area contributed by atoms with Crippen molar-refractivity contribution in [3.05, 3.63) is 22.7 Å². The minimum atomic E-state index is -1.10. The van der Waals surface area contributed by atoms with Crippen molar-refractivity contribution in [1.29, 1.82) is 0 Å². The van der Waals surface area contributed by atoms with Gasteiger partial charge in [-0.1, -0.05) is 16.8 Å². The number of nitrogens with zero attached hydrogens (tertiary/aromatic N) is 1. The molecule has 0 radical (unpaired) electrons. The number of halogens is 1. The van der Waals surface area contributed by atoms with Crippen LogP contribution < -0.4 is 9.47 Å². The summed E-state index contributed by atoms with van der Waals surface area (Å²) in [6.45, 7) is 1.80. The number of aliphatic carboxylic acids is 1. The van der Waals surface area contributed by atoms with Gasteiger partial charge in [0.15, 0.2) is 11.5 Å². The zero-order valence-corrected chi connectivity index (χ0v) is 11.3. The van der Waals surface area contributed by atoms with E-state index < -0.39 is 12.6 Å². The van der Waals surface area contributed by atoms with Gasteiger partial charge >= 0.3 is 5.97 Å². The Hall–Kier alpha value is -1.95. The lowest BCUT2D eigenvalue weighted by atomic mass is 10.2. The van der Waals surface area contributed by atoms with Gasteiger partial charge in [0, 0.05) is 5.56 Å². The van der Waals surface area contributed by atoms with Crippen LogP contribution in [0, 0.1) is 0 Å². The van der Waals surface area contributed by atoms with Crippen LogP contribution in [0.15, 0.2) is 17.3 Å². The number of methoxy groups -OCH3 is 1. The molecule has 0 heterocycles. The minimum Gasteiger partial charge on any atom is -0.491 e. The third-order valence-corrected chi connectivity index (χ3v) is 2.28. The Kier molecular flexibility index (Phi) is 5.95. The van der Waals surface area contributed by atoms with E-state index >= 15 is 0 Å². The zero-order valence-electron chi connectivity index (χ0n) is 10.6. The molecule has 0 aromatic heterocycles. The fourth-order valence-corrected chi connectivity index (χ4v) is 1.61. The zero-order chi connectivity index (χ0) is 14.3. The normalized spacial score (nSPS) is 10.5. The number of rotatable bonds is 7. The summed E-state index contributed by atoms with van der Waals surface area (Å²) in [5.74, 6) is -0.177. The number of carbonyl (C=O) groups is 1. The molecule has 0 aliphatic carbocycles. The van der Waals surface area contributed by atoms with Gasteiger partial charge in [-0.25, -0.2) is 4.79 Å². The molecule has 1 N–H and O–H groups in total. The number of carboxylic acids is 1. The molecule has 0 atom stereocenters. The topological polar surface area (TPSA) is 77.4 Å². The molecular formula is C12H14ClNO5. The van der Waals surface area contributed by atoms with E-state index in [4.69, 9.17) is 26.2 Å². The van der Waals surface area contributed by atoms with Crippen LogP contribution in [0.1, 0.15) is 12.5 Å². The summed E-state index contributed by atoms with van der Waals surface area (Å²) in [6.07, 6.45) is 1.34. The predicted molar refractivity (Wildman–Crippen MR) is 70.4 cm³/mol. The molecule has 1 aromatic carbocycles. The van der Waals surface area contributed by atoms with Gasteiger partial charge in [0.1, 0.15) is 0 Å². The van der Waals surface area contributed by atoms with E-state index in [1.807, 2.05) is 6.92 Å². The second-order valence-corrected chi connectivity index (χ2v) is 3.78. The van der Waals surface area contributed by atoms with Crippen LogP contribution in [-0.4, -0.2) is 37.6 Å². The van der Waals surface area contributed by atoms with Crippen molar-refractivity contribution in [2.45, 2.75) is 6.92 Å². The lowest BCUT2D eigenvalue weighted by Crippen LogP contribution is -2.03. The molecule has 1 rings (SSSR count). The molecule has 0 aliphatic heterocycles. The predicted octanol–water partition coefficient (Wildman–Crippen LogP) is 2.18. The second-order valence-electron chi connectivity index (χ2n) is 3.37. The summed E-state index contributed by atoms with van der Waals surface area (Å²) < 4.78 is 10.5. The van der Waals surface area contributed by atoms with E-state index in [-0.39, 0.29) is 0 Å². The molecule has 0 saturated carbocycles. The average Bonchev–Trinajstić information content (AvgIpc) is 2.35. The van der Waals surface area contributed by atoms with Crippen molar-refractivity contribution in [3.63, 3.8) is 0 Å². The number of oxime groups is 1. The largest absolute Gasteiger partial charge is 0.491 e. The molecule has 0 amide bonds. The number of hydrogen-bond donors (Lipinski definition) is 1. The maximum Gasteiger partial charge on any atom is 0.344 e. The molecule has 0 bridgehead atoms. The van der Waals surface area contributed by atoms with Gasteiger partial charge in [0.2, 0.25) is 6.61 Å². The lowest BCUT2D eigenvalue weighted by Gasteiger charge is -2.11. The molecule has 0 unspecified atom stereocenters. The first-order valence-corrected chi connectivity index (χ1v) is 5.83. The SMILES string of the molecule is CCOc1cc(C=NOCC(=O)O)cc(Cl)c1OC. The molecular weight excluding hydrogens is 274 g/mol. The van der Waals surface area contributed by atoms with Crippen LogP contribution in [0.2, 0.25) is 5.02 Å². The van der Waals surface area contributed by atoms with E-state index in [1.165, 1.54) is 13.3 Å². The highest BCUT2D eigenvalue weighted by Gasteiger charge is 2.10. The molecule has 0 aliphatic rings. The lowest BCUT2D eigenvalue weighted by molar-refractivity contribution is -0.142. The summed E-state index contributed by atoms with van der Waals surface area (Å²) in [6, 6.07) is 3.28. The number of carboxylic acid groups (broad SMARTS) is 1. The standard InChI is InChI=1S/C12H14ClNO5/c1-3-18-10-5-8(4-9(13)12(10)17-2)6-14-19-7-11(15)16/h4-6H,3,7H2,1-2H3,(H,15,16). The van der Waals surface area contributed by atoms with Crippen LogP contribution in [0.5, 0.6) is 11.5 Å². The second kappa shape index (κ2) is 7.48. The van der Waals surface area contributed by atoms with E-state index in [9.17, 15) is 4.79 Å². The third-order valence-electron chi connectivity index (χ3n) is 2.00. The van der Waals surface area contributed by atoms with Gasteiger partial charge in [-0.2, -0.15) is 0 Å². The molecule has 0 spiro atoms. The van der Waals surface area contributed by atoms with Crippen LogP contribution >= 0.6 is 11.6 Å². The van der Waals surface area contributed by atoms with E-state index in [1.54, 1.807) is 12.1 Å². The van der Waals surface area contributed by atoms with Gasteiger partial charge in [0.25, 0.3) is 0 Å². The molecule has 0 fully saturated rings. The van der Waals surface area contributed by atoms with Gasteiger partial charge in [0.05, 0.1) is 25.0 Å². The Balaban J connectivity index is 2.87. The average molecular weight is 288 g/mol. The monoisotopic (exact) mass is 287 g/mol. The summed E-state index contributed by atoms with van der Waals surface area (Å²) in [7, 11) is 1.49. The Morgan fingerprint density at radius 2 is 2.26 bits per heavy atom. The number of ether oxygens (including phenoxy) is 2. The minimum absolute atomic E-state index is 0.369. The summed E-state index contributed by atoms with van der Waals surface area (Å²) in [4.78, 5) is 14.8. The first-order valence-electron chi connectivity index (χ1n) is 5.46. The number of benzene rings is 1. The Morgan fingerprint density at radius 1 is 1.53 bits per heavy atom. The van der Waals surface area contributed by atoms with Crippen molar-refractivity contribution in [2.24, 2.45) is 5.16 Å². The first kappa shape index (κ1) is 15.1. The molecule has 6 nitrogen and oxygen atoms in total. The Morgan fingerprint density at radius 3 is 2.84 bits per heavy atom. The number of hydrogen-bond acceptors (Lipinski definition) is 5. The van der Waals surface area contributed by atoms with E-state index in [2.05, 4.69) is 9.99 Å². The highest BCUT2D eigenvalue weighted by molar-refractivity contribution is 6.32. The quantitative estimate of drug-likeness (QED) is 0.614. The van der Waals surface area contributed by atoms with Crippen LogP contribution in [0.3, 0.4) is 0 Å². The van der Waals surface area contributed by atoms with Gasteiger partial charge in [-0.15, -0.1) is 0 Å².